The fourth-order valence-corrected chi connectivity index (χ4v) is 4.17. The van der Waals surface area contributed by atoms with E-state index in [-0.39, 0.29) is 17.3 Å². The third kappa shape index (κ3) is 4.41. The highest BCUT2D eigenvalue weighted by atomic mass is 35.5. The molecule has 1 fully saturated rings. The first kappa shape index (κ1) is 19.4. The fraction of sp³-hybridized carbons (Fsp3) is 0.600. The van der Waals surface area contributed by atoms with Crippen molar-refractivity contribution in [2.75, 3.05) is 26.2 Å². The lowest BCUT2D eigenvalue weighted by Crippen LogP contribution is -2.41. The van der Waals surface area contributed by atoms with Gasteiger partial charge >= 0.3 is 0 Å². The van der Waals surface area contributed by atoms with Crippen LogP contribution >= 0.6 is 12.4 Å². The number of aryl methyl sites for hydroxylation is 1. The van der Waals surface area contributed by atoms with E-state index in [0.29, 0.717) is 19.0 Å². The number of hydrogen-bond acceptors (Lipinski definition) is 3. The van der Waals surface area contributed by atoms with Crippen molar-refractivity contribution in [2.45, 2.75) is 31.6 Å². The Labute approximate surface area is 138 Å². The van der Waals surface area contributed by atoms with Crippen LogP contribution in [-0.2, 0) is 10.0 Å². The van der Waals surface area contributed by atoms with Crippen LogP contribution in [0.2, 0.25) is 0 Å². The maximum Gasteiger partial charge on any atom is 0.245 e. The van der Waals surface area contributed by atoms with Gasteiger partial charge in [-0.25, -0.2) is 12.8 Å². The largest absolute Gasteiger partial charge is 0.317 e. The lowest BCUT2D eigenvalue weighted by Gasteiger charge is -2.31. The molecule has 1 aromatic carbocycles. The molecule has 1 aliphatic rings. The molecule has 2 rings (SSSR count). The highest BCUT2D eigenvalue weighted by Gasteiger charge is 2.31. The van der Waals surface area contributed by atoms with Crippen LogP contribution in [0.15, 0.2) is 23.1 Å². The van der Waals surface area contributed by atoms with E-state index in [0.717, 1.165) is 31.5 Å². The van der Waals surface area contributed by atoms with Crippen molar-refractivity contribution in [3.8, 4) is 0 Å². The summed E-state index contributed by atoms with van der Waals surface area (Å²) in [6, 6.07) is 4.27. The van der Waals surface area contributed by atoms with Gasteiger partial charge in [0.2, 0.25) is 10.0 Å². The van der Waals surface area contributed by atoms with Gasteiger partial charge in [0.05, 0.1) is 0 Å². The summed E-state index contributed by atoms with van der Waals surface area (Å²) in [5.74, 6) is -0.163. The smallest absolute Gasteiger partial charge is 0.245 e. The molecule has 0 unspecified atom stereocenters. The number of halogens is 2. The summed E-state index contributed by atoms with van der Waals surface area (Å²) >= 11 is 0. The second kappa shape index (κ2) is 8.24. The highest BCUT2D eigenvalue weighted by molar-refractivity contribution is 7.89. The summed E-state index contributed by atoms with van der Waals surface area (Å²) in [6.45, 7) is 6.57. The third-order valence-corrected chi connectivity index (χ3v) is 5.89. The first-order valence-corrected chi connectivity index (χ1v) is 8.86. The molecular weight excluding hydrogens is 327 g/mol. The van der Waals surface area contributed by atoms with E-state index in [4.69, 9.17) is 0 Å². The van der Waals surface area contributed by atoms with Crippen LogP contribution in [0.5, 0.6) is 0 Å². The van der Waals surface area contributed by atoms with Crippen molar-refractivity contribution in [3.63, 3.8) is 0 Å². The Bertz CT molecular complexity index is 587. The minimum Gasteiger partial charge on any atom is -0.317 e. The molecule has 7 heteroatoms. The molecule has 0 amide bonds. The maximum atomic E-state index is 13.9. The molecule has 0 radical (unpaired) electrons. The number of nitrogens with zero attached hydrogens (tertiary/aromatic N) is 1. The predicted molar refractivity (Wildman–Crippen MR) is 88.4 cm³/mol. The number of piperidine rings is 1. The standard InChI is InChI=1S/C15H23FN2O2S.ClH/c1-3-17-11-13-6-8-18(9-7-13)21(19,20)15-5-4-12(2)10-14(15)16;/h4-5,10,13,17H,3,6-9,11H2,1-2H3;1H. The molecule has 0 spiro atoms. The van der Waals surface area contributed by atoms with Crippen molar-refractivity contribution in [2.24, 2.45) is 5.92 Å². The van der Waals surface area contributed by atoms with Crippen molar-refractivity contribution < 1.29 is 12.8 Å². The molecule has 1 aliphatic heterocycles. The minimum absolute atomic E-state index is 0. The molecule has 126 valence electrons. The van der Waals surface area contributed by atoms with E-state index in [1.165, 1.54) is 16.4 Å². The molecular formula is C15H24ClFN2O2S. The topological polar surface area (TPSA) is 49.4 Å². The Kier molecular flexibility index (Phi) is 7.25. The van der Waals surface area contributed by atoms with Gasteiger partial charge in [-0.2, -0.15) is 4.31 Å². The number of rotatable bonds is 5. The molecule has 0 atom stereocenters. The zero-order chi connectivity index (χ0) is 15.5. The monoisotopic (exact) mass is 350 g/mol. The van der Waals surface area contributed by atoms with Crippen LogP contribution in [0.3, 0.4) is 0 Å². The van der Waals surface area contributed by atoms with Crippen LogP contribution in [0, 0.1) is 18.7 Å². The van der Waals surface area contributed by atoms with E-state index < -0.39 is 15.8 Å². The second-order valence-corrected chi connectivity index (χ2v) is 7.50. The molecule has 4 nitrogen and oxygen atoms in total. The molecule has 0 aliphatic carbocycles. The Morgan fingerprint density at radius 1 is 1.32 bits per heavy atom. The normalized spacial score (nSPS) is 17.2. The molecule has 0 bridgehead atoms. The van der Waals surface area contributed by atoms with Crippen molar-refractivity contribution in [1.82, 2.24) is 9.62 Å². The zero-order valence-electron chi connectivity index (χ0n) is 13.0. The van der Waals surface area contributed by atoms with E-state index in [9.17, 15) is 12.8 Å². The van der Waals surface area contributed by atoms with Crippen molar-refractivity contribution >= 4 is 22.4 Å². The van der Waals surface area contributed by atoms with E-state index in [1.807, 2.05) is 0 Å². The van der Waals surface area contributed by atoms with Crippen molar-refractivity contribution in [1.29, 1.82) is 0 Å². The average Bonchev–Trinajstić information content (AvgIpc) is 2.45. The first-order chi connectivity index (χ1) is 9.95. The van der Waals surface area contributed by atoms with Gasteiger partial charge in [0, 0.05) is 13.1 Å². The SMILES string of the molecule is CCNCC1CCN(S(=O)(=O)c2ccc(C)cc2F)CC1.Cl. The Hall–Kier alpha value is -0.690. The van der Waals surface area contributed by atoms with Gasteiger partial charge in [-0.1, -0.05) is 13.0 Å². The minimum atomic E-state index is -3.72. The number of nitrogens with one attached hydrogen (secondary N) is 1. The summed E-state index contributed by atoms with van der Waals surface area (Å²) in [6.07, 6.45) is 1.64. The van der Waals surface area contributed by atoms with Gasteiger partial charge in [0.25, 0.3) is 0 Å². The summed E-state index contributed by atoms with van der Waals surface area (Å²) in [4.78, 5) is -0.210. The van der Waals surface area contributed by atoms with E-state index in [2.05, 4.69) is 12.2 Å². The third-order valence-electron chi connectivity index (χ3n) is 3.96. The van der Waals surface area contributed by atoms with Gasteiger partial charge in [0.15, 0.2) is 0 Å². The van der Waals surface area contributed by atoms with Gasteiger partial charge in [-0.3, -0.25) is 0 Å². The maximum absolute atomic E-state index is 13.9. The molecule has 1 aromatic rings. The first-order valence-electron chi connectivity index (χ1n) is 7.42. The van der Waals surface area contributed by atoms with Gasteiger partial charge in [-0.15, -0.1) is 12.4 Å². The van der Waals surface area contributed by atoms with Crippen molar-refractivity contribution in [3.05, 3.63) is 29.6 Å². The Morgan fingerprint density at radius 3 is 2.50 bits per heavy atom. The van der Waals surface area contributed by atoms with Crippen LogP contribution in [0.1, 0.15) is 25.3 Å². The highest BCUT2D eigenvalue weighted by Crippen LogP contribution is 2.25. The molecule has 1 saturated heterocycles. The quantitative estimate of drug-likeness (QED) is 0.888. The molecule has 0 aromatic heterocycles. The zero-order valence-corrected chi connectivity index (χ0v) is 14.6. The van der Waals surface area contributed by atoms with Crippen LogP contribution in [0.25, 0.3) is 0 Å². The number of sulfonamides is 1. The Balaban J connectivity index is 0.00000242. The number of benzene rings is 1. The average molecular weight is 351 g/mol. The summed E-state index contributed by atoms with van der Waals surface area (Å²) in [5, 5.41) is 3.29. The van der Waals surface area contributed by atoms with E-state index in [1.54, 1.807) is 13.0 Å². The predicted octanol–water partition coefficient (Wildman–Crippen LogP) is 2.57. The van der Waals surface area contributed by atoms with Gasteiger partial charge in [0.1, 0.15) is 10.7 Å². The van der Waals surface area contributed by atoms with Crippen LogP contribution in [0.4, 0.5) is 4.39 Å². The van der Waals surface area contributed by atoms with Crippen LogP contribution < -0.4 is 5.32 Å². The van der Waals surface area contributed by atoms with E-state index >= 15 is 0 Å². The summed E-state index contributed by atoms with van der Waals surface area (Å²) < 4.78 is 40.4. The van der Waals surface area contributed by atoms with Gasteiger partial charge in [-0.05, 0) is 56.5 Å². The van der Waals surface area contributed by atoms with Crippen LogP contribution in [-0.4, -0.2) is 38.9 Å². The number of hydrogen-bond donors (Lipinski definition) is 1. The summed E-state index contributed by atoms with van der Waals surface area (Å²) in [5.41, 5.74) is 0.718. The lowest BCUT2D eigenvalue weighted by molar-refractivity contribution is 0.268. The van der Waals surface area contributed by atoms with Gasteiger partial charge < -0.3 is 5.32 Å². The molecule has 1 N–H and O–H groups in total. The Morgan fingerprint density at radius 2 is 1.95 bits per heavy atom. The lowest BCUT2D eigenvalue weighted by atomic mass is 9.98. The second-order valence-electron chi connectivity index (χ2n) is 5.59. The molecule has 1 heterocycles. The fourth-order valence-electron chi connectivity index (χ4n) is 2.66. The molecule has 0 saturated carbocycles. The summed E-state index contributed by atoms with van der Waals surface area (Å²) in [7, 11) is -3.72. The molecule has 22 heavy (non-hydrogen) atoms.